The predicted octanol–water partition coefficient (Wildman–Crippen LogP) is 3.80. The Balaban J connectivity index is 2.86. The first-order valence-corrected chi connectivity index (χ1v) is 7.73. The van der Waals surface area contributed by atoms with Crippen LogP contribution in [0.15, 0.2) is 24.3 Å². The first kappa shape index (κ1) is 17.3. The van der Waals surface area contributed by atoms with Crippen molar-refractivity contribution in [3.05, 3.63) is 24.3 Å². The number of benzene rings is 1. The van der Waals surface area contributed by atoms with E-state index in [0.717, 1.165) is 30.8 Å². The van der Waals surface area contributed by atoms with Crippen molar-refractivity contribution in [2.75, 3.05) is 24.6 Å². The number of anilines is 1. The SMILES string of the molecule is CCCOc1ccccc1N(CCC(=O)O)CCC(C)C. The van der Waals surface area contributed by atoms with Gasteiger partial charge in [-0.05, 0) is 30.9 Å². The number of carboxylic acids is 1. The number of nitrogens with zero attached hydrogens (tertiary/aromatic N) is 1. The van der Waals surface area contributed by atoms with E-state index in [-0.39, 0.29) is 6.42 Å². The van der Waals surface area contributed by atoms with Crippen LogP contribution < -0.4 is 9.64 Å². The summed E-state index contributed by atoms with van der Waals surface area (Å²) in [6.07, 6.45) is 2.12. The molecule has 0 atom stereocenters. The summed E-state index contributed by atoms with van der Waals surface area (Å²) < 4.78 is 5.79. The van der Waals surface area contributed by atoms with Crippen LogP contribution in [-0.4, -0.2) is 30.8 Å². The molecule has 0 saturated heterocycles. The molecule has 1 N–H and O–H groups in total. The molecular formula is C17H27NO3. The smallest absolute Gasteiger partial charge is 0.305 e. The Morgan fingerprint density at radius 2 is 2.00 bits per heavy atom. The van der Waals surface area contributed by atoms with E-state index in [0.29, 0.717) is 19.1 Å². The van der Waals surface area contributed by atoms with E-state index >= 15 is 0 Å². The van der Waals surface area contributed by atoms with Crippen LogP contribution in [0, 0.1) is 5.92 Å². The lowest BCUT2D eigenvalue weighted by Crippen LogP contribution is -2.28. The number of para-hydroxylation sites is 2. The highest BCUT2D eigenvalue weighted by Gasteiger charge is 2.14. The minimum absolute atomic E-state index is 0.139. The topological polar surface area (TPSA) is 49.8 Å². The van der Waals surface area contributed by atoms with Gasteiger partial charge in [-0.3, -0.25) is 4.79 Å². The first-order chi connectivity index (χ1) is 10.0. The van der Waals surface area contributed by atoms with Crippen molar-refractivity contribution in [2.24, 2.45) is 5.92 Å². The van der Waals surface area contributed by atoms with Crippen LogP contribution >= 0.6 is 0 Å². The van der Waals surface area contributed by atoms with E-state index in [1.807, 2.05) is 24.3 Å². The van der Waals surface area contributed by atoms with E-state index in [2.05, 4.69) is 25.7 Å². The lowest BCUT2D eigenvalue weighted by Gasteiger charge is -2.27. The molecule has 21 heavy (non-hydrogen) atoms. The van der Waals surface area contributed by atoms with Crippen LogP contribution in [0.2, 0.25) is 0 Å². The lowest BCUT2D eigenvalue weighted by atomic mass is 10.1. The highest BCUT2D eigenvalue weighted by molar-refractivity contribution is 5.68. The molecule has 0 saturated carbocycles. The molecule has 4 heteroatoms. The maximum absolute atomic E-state index is 10.9. The van der Waals surface area contributed by atoms with Gasteiger partial charge in [-0.15, -0.1) is 0 Å². The molecule has 0 spiro atoms. The standard InChI is InChI=1S/C17H27NO3/c1-4-13-21-16-8-6-5-7-15(16)18(11-9-14(2)3)12-10-17(19)20/h5-8,14H,4,9-13H2,1-3H3,(H,19,20). The highest BCUT2D eigenvalue weighted by atomic mass is 16.5. The molecule has 0 aliphatic rings. The van der Waals surface area contributed by atoms with E-state index in [1.165, 1.54) is 0 Å². The Hall–Kier alpha value is -1.71. The van der Waals surface area contributed by atoms with Gasteiger partial charge in [-0.25, -0.2) is 0 Å². The molecule has 0 amide bonds. The second-order valence-electron chi connectivity index (χ2n) is 5.63. The largest absolute Gasteiger partial charge is 0.491 e. The van der Waals surface area contributed by atoms with E-state index in [9.17, 15) is 4.79 Å². The number of aliphatic carboxylic acids is 1. The van der Waals surface area contributed by atoms with Crippen molar-refractivity contribution in [2.45, 2.75) is 40.0 Å². The molecule has 0 aromatic heterocycles. The van der Waals surface area contributed by atoms with E-state index in [1.54, 1.807) is 0 Å². The Morgan fingerprint density at radius 1 is 1.29 bits per heavy atom. The van der Waals surface area contributed by atoms with Crippen LogP contribution in [-0.2, 0) is 4.79 Å². The second-order valence-corrected chi connectivity index (χ2v) is 5.63. The number of hydrogen-bond donors (Lipinski definition) is 1. The third-order valence-electron chi connectivity index (χ3n) is 3.24. The summed E-state index contributed by atoms with van der Waals surface area (Å²) in [5, 5.41) is 8.94. The quantitative estimate of drug-likeness (QED) is 0.713. The molecule has 1 aromatic carbocycles. The van der Waals surface area contributed by atoms with Crippen molar-refractivity contribution in [3.63, 3.8) is 0 Å². The normalized spacial score (nSPS) is 10.7. The maximum atomic E-state index is 10.9. The summed E-state index contributed by atoms with van der Waals surface area (Å²) in [7, 11) is 0. The van der Waals surface area contributed by atoms with Gasteiger partial charge in [0.15, 0.2) is 0 Å². The van der Waals surface area contributed by atoms with Crippen LogP contribution in [0.3, 0.4) is 0 Å². The fourth-order valence-electron chi connectivity index (χ4n) is 2.05. The third-order valence-corrected chi connectivity index (χ3v) is 3.24. The zero-order chi connectivity index (χ0) is 15.7. The molecule has 0 fully saturated rings. The van der Waals surface area contributed by atoms with E-state index < -0.39 is 5.97 Å². The monoisotopic (exact) mass is 293 g/mol. The van der Waals surface area contributed by atoms with Crippen molar-refractivity contribution in [1.82, 2.24) is 0 Å². The molecule has 0 heterocycles. The molecule has 1 rings (SSSR count). The molecule has 0 aliphatic carbocycles. The average molecular weight is 293 g/mol. The molecular weight excluding hydrogens is 266 g/mol. The van der Waals surface area contributed by atoms with Gasteiger partial charge in [-0.1, -0.05) is 32.9 Å². The lowest BCUT2D eigenvalue weighted by molar-refractivity contribution is -0.136. The van der Waals surface area contributed by atoms with Crippen molar-refractivity contribution >= 4 is 11.7 Å². The van der Waals surface area contributed by atoms with Gasteiger partial charge in [0.1, 0.15) is 5.75 Å². The molecule has 0 bridgehead atoms. The van der Waals surface area contributed by atoms with Gasteiger partial charge < -0.3 is 14.7 Å². The van der Waals surface area contributed by atoms with Crippen molar-refractivity contribution in [1.29, 1.82) is 0 Å². The summed E-state index contributed by atoms with van der Waals surface area (Å²) in [6.45, 7) is 8.45. The van der Waals surface area contributed by atoms with Crippen LogP contribution in [0.1, 0.15) is 40.0 Å². The Bertz CT molecular complexity index is 432. The van der Waals surface area contributed by atoms with Gasteiger partial charge >= 0.3 is 5.97 Å². The summed E-state index contributed by atoms with van der Waals surface area (Å²) >= 11 is 0. The number of hydrogen-bond acceptors (Lipinski definition) is 3. The third kappa shape index (κ3) is 6.52. The molecule has 0 unspecified atom stereocenters. The number of carboxylic acid groups (broad SMARTS) is 1. The van der Waals surface area contributed by atoms with Crippen molar-refractivity contribution in [3.8, 4) is 5.75 Å². The van der Waals surface area contributed by atoms with Gasteiger partial charge in [0.2, 0.25) is 0 Å². The average Bonchev–Trinajstić information content (AvgIpc) is 2.45. The summed E-state index contributed by atoms with van der Waals surface area (Å²) in [6, 6.07) is 7.88. The zero-order valence-corrected chi connectivity index (χ0v) is 13.3. The number of rotatable bonds is 10. The zero-order valence-electron chi connectivity index (χ0n) is 13.3. The molecule has 4 nitrogen and oxygen atoms in total. The summed E-state index contributed by atoms with van der Waals surface area (Å²) in [5.41, 5.74) is 0.993. The maximum Gasteiger partial charge on any atom is 0.305 e. The van der Waals surface area contributed by atoms with Gasteiger partial charge in [0, 0.05) is 13.1 Å². The molecule has 1 aromatic rings. The minimum Gasteiger partial charge on any atom is -0.491 e. The fraction of sp³-hybridized carbons (Fsp3) is 0.588. The van der Waals surface area contributed by atoms with Crippen LogP contribution in [0.5, 0.6) is 5.75 Å². The van der Waals surface area contributed by atoms with Crippen molar-refractivity contribution < 1.29 is 14.6 Å². The summed E-state index contributed by atoms with van der Waals surface area (Å²) in [4.78, 5) is 13.0. The first-order valence-electron chi connectivity index (χ1n) is 7.73. The summed E-state index contributed by atoms with van der Waals surface area (Å²) in [5.74, 6) is 0.658. The number of ether oxygens (including phenoxy) is 1. The Kier molecular flexibility index (Phi) is 7.65. The highest BCUT2D eigenvalue weighted by Crippen LogP contribution is 2.29. The Morgan fingerprint density at radius 3 is 2.62 bits per heavy atom. The Labute approximate surface area is 127 Å². The van der Waals surface area contributed by atoms with Gasteiger partial charge in [0.25, 0.3) is 0 Å². The molecule has 0 aliphatic heterocycles. The fourth-order valence-corrected chi connectivity index (χ4v) is 2.05. The predicted molar refractivity (Wildman–Crippen MR) is 86.1 cm³/mol. The van der Waals surface area contributed by atoms with Gasteiger partial charge in [-0.2, -0.15) is 0 Å². The molecule has 118 valence electrons. The number of carbonyl (C=O) groups is 1. The van der Waals surface area contributed by atoms with E-state index in [4.69, 9.17) is 9.84 Å². The van der Waals surface area contributed by atoms with Crippen LogP contribution in [0.25, 0.3) is 0 Å². The van der Waals surface area contributed by atoms with Crippen LogP contribution in [0.4, 0.5) is 5.69 Å². The second kappa shape index (κ2) is 9.27. The van der Waals surface area contributed by atoms with Gasteiger partial charge in [0.05, 0.1) is 18.7 Å². The molecule has 0 radical (unpaired) electrons. The minimum atomic E-state index is -0.767.